The van der Waals surface area contributed by atoms with Crippen LogP contribution in [0.2, 0.25) is 10.0 Å². The van der Waals surface area contributed by atoms with Gasteiger partial charge in [-0.05, 0) is 19.1 Å². The van der Waals surface area contributed by atoms with Crippen LogP contribution in [0.25, 0.3) is 16.6 Å². The van der Waals surface area contributed by atoms with E-state index in [9.17, 15) is 9.50 Å². The zero-order valence-corrected chi connectivity index (χ0v) is 16.8. The largest absolute Gasteiger partial charge is 0.387 e. The summed E-state index contributed by atoms with van der Waals surface area (Å²) < 4.78 is 15.7. The molecule has 11 heteroatoms. The number of nitriles is 1. The van der Waals surface area contributed by atoms with Crippen molar-refractivity contribution in [1.82, 2.24) is 24.7 Å². The van der Waals surface area contributed by atoms with Crippen LogP contribution in [-0.4, -0.2) is 29.8 Å². The third-order valence-electron chi connectivity index (χ3n) is 4.24. The Morgan fingerprint density at radius 1 is 1.20 bits per heavy atom. The first kappa shape index (κ1) is 20.0. The van der Waals surface area contributed by atoms with Gasteiger partial charge < -0.3 is 10.4 Å². The monoisotopic (exact) mass is 443 g/mol. The van der Waals surface area contributed by atoms with Gasteiger partial charge >= 0.3 is 0 Å². The maximum Gasteiger partial charge on any atom is 0.169 e. The van der Waals surface area contributed by atoms with Crippen LogP contribution in [0.15, 0.2) is 36.9 Å². The first-order valence-corrected chi connectivity index (χ1v) is 9.33. The molecule has 0 spiro atoms. The molecule has 0 aliphatic heterocycles. The van der Waals surface area contributed by atoms with Gasteiger partial charge in [-0.2, -0.15) is 10.4 Å². The molecule has 1 atom stereocenters. The van der Waals surface area contributed by atoms with Gasteiger partial charge in [-0.15, -0.1) is 0 Å². The van der Waals surface area contributed by atoms with Crippen molar-refractivity contribution in [2.45, 2.75) is 13.0 Å². The fraction of sp³-hybridized carbons (Fsp3) is 0.105. The van der Waals surface area contributed by atoms with E-state index in [1.54, 1.807) is 13.0 Å². The number of halogens is 3. The molecular formula is C19H12Cl2FN7O. The number of benzene rings is 1. The van der Waals surface area contributed by atoms with Crippen LogP contribution in [0.4, 0.5) is 16.0 Å². The number of aliphatic hydroxyl groups is 1. The molecule has 0 aliphatic carbocycles. The van der Waals surface area contributed by atoms with Gasteiger partial charge in [0.25, 0.3) is 0 Å². The van der Waals surface area contributed by atoms with Crippen LogP contribution >= 0.6 is 23.2 Å². The average Bonchev–Trinajstić information content (AvgIpc) is 3.15. The van der Waals surface area contributed by atoms with Gasteiger partial charge in [0, 0.05) is 12.3 Å². The first-order valence-electron chi connectivity index (χ1n) is 8.58. The molecule has 8 nitrogen and oxygen atoms in total. The van der Waals surface area contributed by atoms with Crippen LogP contribution in [-0.2, 0) is 0 Å². The number of hydrogen-bond acceptors (Lipinski definition) is 7. The van der Waals surface area contributed by atoms with Gasteiger partial charge in [-0.25, -0.2) is 24.0 Å². The predicted octanol–water partition coefficient (Wildman–Crippen LogP) is 4.32. The molecule has 30 heavy (non-hydrogen) atoms. The van der Waals surface area contributed by atoms with E-state index < -0.39 is 11.9 Å². The van der Waals surface area contributed by atoms with Crippen molar-refractivity contribution in [3.8, 4) is 11.8 Å². The average molecular weight is 444 g/mol. The topological polar surface area (TPSA) is 113 Å². The Kier molecular flexibility index (Phi) is 5.22. The normalized spacial score (nSPS) is 12.0. The van der Waals surface area contributed by atoms with Crippen LogP contribution in [0.1, 0.15) is 24.3 Å². The molecule has 4 aromatic rings. The van der Waals surface area contributed by atoms with Crippen molar-refractivity contribution in [2.75, 3.05) is 5.32 Å². The fourth-order valence-electron chi connectivity index (χ4n) is 2.83. The summed E-state index contributed by atoms with van der Waals surface area (Å²) in [6, 6.07) is 6.41. The molecular weight excluding hydrogens is 432 g/mol. The molecule has 0 saturated heterocycles. The Morgan fingerprint density at radius 3 is 2.60 bits per heavy atom. The van der Waals surface area contributed by atoms with Gasteiger partial charge in [0.15, 0.2) is 5.82 Å². The summed E-state index contributed by atoms with van der Waals surface area (Å²) in [5.41, 5.74) is 1.04. The highest BCUT2D eigenvalue weighted by molar-refractivity contribution is 6.38. The number of hydrogen-bond donors (Lipinski definition) is 2. The Balaban J connectivity index is 1.82. The van der Waals surface area contributed by atoms with Crippen molar-refractivity contribution in [3.63, 3.8) is 0 Å². The summed E-state index contributed by atoms with van der Waals surface area (Å²) in [6.45, 7) is 1.58. The number of fused-ring (bicyclic) bond motifs is 1. The van der Waals surface area contributed by atoms with Crippen LogP contribution in [0.5, 0.6) is 0 Å². The number of rotatable bonds is 4. The Hall–Kier alpha value is -3.32. The minimum Gasteiger partial charge on any atom is -0.387 e. The third-order valence-corrected chi connectivity index (χ3v) is 4.82. The molecule has 3 heterocycles. The molecule has 150 valence electrons. The highest BCUT2D eigenvalue weighted by Crippen LogP contribution is 2.33. The maximum atomic E-state index is 14.4. The van der Waals surface area contributed by atoms with Crippen LogP contribution in [0, 0.1) is 17.1 Å². The molecule has 3 aromatic heterocycles. The summed E-state index contributed by atoms with van der Waals surface area (Å²) in [5.74, 6) is 0.0137. The smallest absolute Gasteiger partial charge is 0.169 e. The summed E-state index contributed by atoms with van der Waals surface area (Å²) >= 11 is 12.5. The van der Waals surface area contributed by atoms with E-state index in [0.717, 1.165) is 6.20 Å². The molecule has 1 aromatic carbocycles. The minimum absolute atomic E-state index is 0.0359. The van der Waals surface area contributed by atoms with E-state index >= 15 is 0 Å². The summed E-state index contributed by atoms with van der Waals surface area (Å²) in [7, 11) is 0. The summed E-state index contributed by atoms with van der Waals surface area (Å²) in [5, 5.41) is 26.7. The molecule has 0 fully saturated rings. The second kappa shape index (κ2) is 7.84. The van der Waals surface area contributed by atoms with Gasteiger partial charge in [-0.1, -0.05) is 23.2 Å². The highest BCUT2D eigenvalue weighted by Gasteiger charge is 2.17. The number of nitrogens with zero attached hydrogens (tertiary/aromatic N) is 6. The second-order valence-corrected chi connectivity index (χ2v) is 7.13. The van der Waals surface area contributed by atoms with E-state index in [1.165, 1.54) is 29.3 Å². The zero-order valence-electron chi connectivity index (χ0n) is 15.3. The fourth-order valence-corrected chi connectivity index (χ4v) is 3.49. The van der Waals surface area contributed by atoms with Crippen molar-refractivity contribution < 1.29 is 9.50 Å². The maximum absolute atomic E-state index is 14.4. The first-order chi connectivity index (χ1) is 14.4. The van der Waals surface area contributed by atoms with Crippen LogP contribution < -0.4 is 5.32 Å². The van der Waals surface area contributed by atoms with Crippen molar-refractivity contribution in [2.24, 2.45) is 0 Å². The molecule has 2 N–H and O–H groups in total. The lowest BCUT2D eigenvalue weighted by molar-refractivity contribution is 0.194. The van der Waals surface area contributed by atoms with Crippen molar-refractivity contribution >= 4 is 45.7 Å². The van der Waals surface area contributed by atoms with E-state index in [4.69, 9.17) is 28.5 Å². The second-order valence-electron chi connectivity index (χ2n) is 6.32. The Bertz CT molecular complexity index is 1290. The van der Waals surface area contributed by atoms with Gasteiger partial charge in [-0.3, -0.25) is 0 Å². The van der Waals surface area contributed by atoms with Gasteiger partial charge in [0.1, 0.15) is 29.2 Å². The SMILES string of the molecule is CC(O)c1cc(Nc2ncc(F)c3nn(-c4c(Cl)cc(C#N)cc4Cl)cc23)ncn1. The lowest BCUT2D eigenvalue weighted by Gasteiger charge is -2.08. The number of pyridine rings is 1. The molecule has 0 amide bonds. The Labute approximate surface area is 179 Å². The lowest BCUT2D eigenvalue weighted by atomic mass is 10.2. The zero-order chi connectivity index (χ0) is 21.4. The summed E-state index contributed by atoms with van der Waals surface area (Å²) in [6.07, 6.45) is 3.06. The Morgan fingerprint density at radius 2 is 1.93 bits per heavy atom. The molecule has 0 aliphatic rings. The molecule has 4 rings (SSSR count). The lowest BCUT2D eigenvalue weighted by Crippen LogP contribution is -2.01. The van der Waals surface area contributed by atoms with E-state index in [-0.39, 0.29) is 21.4 Å². The number of nitrogens with one attached hydrogen (secondary N) is 1. The van der Waals surface area contributed by atoms with Crippen LogP contribution in [0.3, 0.4) is 0 Å². The summed E-state index contributed by atoms with van der Waals surface area (Å²) in [4.78, 5) is 12.2. The quantitative estimate of drug-likeness (QED) is 0.482. The molecule has 0 radical (unpaired) electrons. The standard InChI is InChI=1S/C19H12Cl2FN7O/c1-9(30)15-4-16(26-8-25-15)27-19-11-7-29(28-17(11)14(22)6-24-19)18-12(20)2-10(5-23)3-13(18)21/h2-4,6-9,30H,1H3,(H,24,25,26,27). The number of aromatic nitrogens is 5. The van der Waals surface area contributed by atoms with E-state index in [1.807, 2.05) is 6.07 Å². The number of aliphatic hydroxyl groups excluding tert-OH is 1. The molecule has 0 saturated carbocycles. The highest BCUT2D eigenvalue weighted by atomic mass is 35.5. The van der Waals surface area contributed by atoms with E-state index in [2.05, 4.69) is 25.4 Å². The van der Waals surface area contributed by atoms with Crippen molar-refractivity contribution in [1.29, 1.82) is 5.26 Å². The molecule has 0 bridgehead atoms. The van der Waals surface area contributed by atoms with Gasteiger partial charge in [0.2, 0.25) is 0 Å². The number of anilines is 2. The van der Waals surface area contributed by atoms with Gasteiger partial charge in [0.05, 0.1) is 45.1 Å². The third kappa shape index (κ3) is 3.64. The van der Waals surface area contributed by atoms with E-state index in [0.29, 0.717) is 28.1 Å². The minimum atomic E-state index is -0.779. The van der Waals surface area contributed by atoms with Crippen molar-refractivity contribution in [3.05, 3.63) is 64.0 Å². The molecule has 1 unspecified atom stereocenters. The predicted molar refractivity (Wildman–Crippen MR) is 110 cm³/mol.